The number of para-hydroxylation sites is 2. The molecule has 0 aliphatic carbocycles. The van der Waals surface area contributed by atoms with Crippen molar-refractivity contribution in [2.45, 2.75) is 12.5 Å². The summed E-state index contributed by atoms with van der Waals surface area (Å²) >= 11 is 0. The van der Waals surface area contributed by atoms with Gasteiger partial charge in [-0.15, -0.1) is 0 Å². The predicted molar refractivity (Wildman–Crippen MR) is 128 cm³/mol. The van der Waals surface area contributed by atoms with Crippen molar-refractivity contribution in [3.63, 3.8) is 0 Å². The molecule has 0 radical (unpaired) electrons. The highest BCUT2D eigenvalue weighted by Crippen LogP contribution is 2.31. The lowest BCUT2D eigenvalue weighted by Gasteiger charge is -2.09. The van der Waals surface area contributed by atoms with Crippen molar-refractivity contribution in [2.24, 2.45) is 0 Å². The number of benzene rings is 2. The van der Waals surface area contributed by atoms with Crippen LogP contribution in [-0.4, -0.2) is 41.7 Å². The molecule has 9 heteroatoms. The van der Waals surface area contributed by atoms with Crippen LogP contribution in [0, 0.1) is 11.3 Å². The molecule has 0 bridgehead atoms. The normalized spacial score (nSPS) is 17.5. The molecule has 2 aromatic carbocycles. The molecule has 0 spiro atoms. The summed E-state index contributed by atoms with van der Waals surface area (Å²) in [4.78, 5) is 12.8. The molecule has 8 nitrogen and oxygen atoms in total. The third-order valence-electron chi connectivity index (χ3n) is 5.65. The van der Waals surface area contributed by atoms with E-state index in [4.69, 9.17) is 4.42 Å². The van der Waals surface area contributed by atoms with Gasteiger partial charge in [0, 0.05) is 23.2 Å². The van der Waals surface area contributed by atoms with E-state index in [-0.39, 0.29) is 17.1 Å². The van der Waals surface area contributed by atoms with Crippen LogP contribution < -0.4 is 5.32 Å². The first-order chi connectivity index (χ1) is 16.4. The monoisotopic (exact) mass is 472 g/mol. The number of rotatable bonds is 5. The Hall–Kier alpha value is -4.16. The number of nitrogens with one attached hydrogen (secondary N) is 1. The zero-order chi connectivity index (χ0) is 23.7. The predicted octanol–water partition coefficient (Wildman–Crippen LogP) is 3.50. The van der Waals surface area contributed by atoms with Gasteiger partial charge >= 0.3 is 0 Å². The summed E-state index contributed by atoms with van der Waals surface area (Å²) < 4.78 is 31.1. The van der Waals surface area contributed by atoms with Crippen molar-refractivity contribution >= 4 is 32.8 Å². The van der Waals surface area contributed by atoms with Crippen LogP contribution in [0.15, 0.2) is 76.9 Å². The van der Waals surface area contributed by atoms with Crippen molar-refractivity contribution < 1.29 is 17.6 Å². The van der Waals surface area contributed by atoms with Crippen molar-refractivity contribution in [3.05, 3.63) is 78.0 Å². The Kier molecular flexibility index (Phi) is 5.51. The Balaban J connectivity index is 1.54. The Bertz CT molecular complexity index is 1530. The molecule has 1 atom stereocenters. The second-order valence-corrected chi connectivity index (χ2v) is 10.3. The number of furan rings is 1. The molecular weight excluding hydrogens is 452 g/mol. The molecule has 1 amide bonds. The summed E-state index contributed by atoms with van der Waals surface area (Å²) in [5.41, 5.74) is 2.35. The molecule has 1 N–H and O–H groups in total. The second kappa shape index (κ2) is 8.65. The first kappa shape index (κ1) is 21.7. The number of fused-ring (bicyclic) bond motifs is 1. The van der Waals surface area contributed by atoms with Crippen molar-refractivity contribution in [1.29, 1.82) is 5.26 Å². The second-order valence-electron chi connectivity index (χ2n) is 8.10. The van der Waals surface area contributed by atoms with Gasteiger partial charge in [0.2, 0.25) is 0 Å². The minimum atomic E-state index is -3.16. The molecule has 1 unspecified atom stereocenters. The number of aromatic nitrogens is 2. The van der Waals surface area contributed by atoms with Crippen molar-refractivity contribution in [3.8, 4) is 23.2 Å². The third kappa shape index (κ3) is 4.36. The maximum absolute atomic E-state index is 12.8. The Morgan fingerprint density at radius 3 is 2.65 bits per heavy atom. The molecule has 1 aliphatic heterocycles. The highest BCUT2D eigenvalue weighted by molar-refractivity contribution is 7.91. The zero-order valence-electron chi connectivity index (χ0n) is 18.0. The first-order valence-electron chi connectivity index (χ1n) is 10.7. The van der Waals surface area contributed by atoms with E-state index in [0.717, 1.165) is 11.1 Å². The topological polar surface area (TPSA) is 118 Å². The van der Waals surface area contributed by atoms with Crippen LogP contribution in [0.2, 0.25) is 0 Å². The fraction of sp³-hybridized carbons (Fsp3) is 0.160. The summed E-state index contributed by atoms with van der Waals surface area (Å²) in [5.74, 6) is -0.202. The first-order valence-corrected chi connectivity index (χ1v) is 12.5. The van der Waals surface area contributed by atoms with Gasteiger partial charge in [-0.1, -0.05) is 36.4 Å². The zero-order valence-corrected chi connectivity index (χ0v) is 18.8. The van der Waals surface area contributed by atoms with Crippen molar-refractivity contribution in [2.75, 3.05) is 11.5 Å². The van der Waals surface area contributed by atoms with E-state index in [1.807, 2.05) is 66.7 Å². The Morgan fingerprint density at radius 1 is 1.18 bits per heavy atom. The summed E-state index contributed by atoms with van der Waals surface area (Å²) in [7, 11) is -3.16. The van der Waals surface area contributed by atoms with E-state index in [1.54, 1.807) is 10.9 Å². The van der Waals surface area contributed by atoms with Gasteiger partial charge in [-0.25, -0.2) is 13.1 Å². The van der Waals surface area contributed by atoms with Gasteiger partial charge in [-0.3, -0.25) is 4.79 Å². The maximum Gasteiger partial charge on any atom is 0.262 e. The molecule has 3 heterocycles. The molecule has 4 aromatic rings. The number of sulfone groups is 1. The molecule has 1 fully saturated rings. The molecule has 1 saturated heterocycles. The molecule has 1 aliphatic rings. The van der Waals surface area contributed by atoms with Crippen LogP contribution >= 0.6 is 0 Å². The summed E-state index contributed by atoms with van der Waals surface area (Å²) in [5, 5.41) is 17.9. The molecular formula is C25H20N4O4S. The highest BCUT2D eigenvalue weighted by atomic mass is 32.2. The molecule has 34 heavy (non-hydrogen) atoms. The van der Waals surface area contributed by atoms with Gasteiger partial charge in [0.05, 0.1) is 17.2 Å². The number of carbonyl (C=O) groups excluding carboxylic acids is 1. The maximum atomic E-state index is 12.8. The minimum absolute atomic E-state index is 0.0313. The smallest absolute Gasteiger partial charge is 0.262 e. The summed E-state index contributed by atoms with van der Waals surface area (Å²) in [6.45, 7) is 0. The number of carbonyl (C=O) groups is 1. The van der Waals surface area contributed by atoms with E-state index in [0.29, 0.717) is 29.0 Å². The minimum Gasteiger partial charge on any atom is -0.454 e. The average molecular weight is 473 g/mol. The summed E-state index contributed by atoms with van der Waals surface area (Å²) in [6.07, 6.45) is 3.51. The van der Waals surface area contributed by atoms with Gasteiger partial charge in [-0.05, 0) is 36.8 Å². The quantitative estimate of drug-likeness (QED) is 0.351. The lowest BCUT2D eigenvalue weighted by Crippen LogP contribution is -2.36. The lowest BCUT2D eigenvalue weighted by atomic mass is 10.1. The van der Waals surface area contributed by atoms with E-state index in [1.165, 1.54) is 6.08 Å². The fourth-order valence-electron chi connectivity index (χ4n) is 3.97. The number of nitriles is 1. The molecule has 170 valence electrons. The number of amides is 1. The van der Waals surface area contributed by atoms with Crippen molar-refractivity contribution in [1.82, 2.24) is 15.1 Å². The fourth-order valence-corrected chi connectivity index (χ4v) is 5.65. The van der Waals surface area contributed by atoms with Gasteiger partial charge in [0.1, 0.15) is 22.9 Å². The van der Waals surface area contributed by atoms with E-state index >= 15 is 0 Å². The van der Waals surface area contributed by atoms with Crippen LogP contribution in [0.5, 0.6) is 0 Å². The number of nitrogens with zero attached hydrogens (tertiary/aromatic N) is 3. The largest absolute Gasteiger partial charge is 0.454 e. The summed E-state index contributed by atoms with van der Waals surface area (Å²) in [6, 6.07) is 20.3. The van der Waals surface area contributed by atoms with Crippen LogP contribution in [0.3, 0.4) is 0 Å². The lowest BCUT2D eigenvalue weighted by molar-refractivity contribution is -0.117. The van der Waals surface area contributed by atoms with Crippen LogP contribution in [0.25, 0.3) is 34.2 Å². The molecule has 0 saturated carbocycles. The highest BCUT2D eigenvalue weighted by Gasteiger charge is 2.29. The van der Waals surface area contributed by atoms with E-state index in [2.05, 4.69) is 10.4 Å². The standard InChI is InChI=1S/C25H20N4O4S/c26-14-18(25(30)27-20-10-11-34(31,32)16-20)12-19-15-29(21-7-2-1-3-8-21)28-24(19)23-13-17-6-4-5-9-22(17)33-23/h1-9,12-13,15,20H,10-11,16H2,(H,27,30). The average Bonchev–Trinajstić information content (AvgIpc) is 3.53. The Labute approximate surface area is 196 Å². The molecule has 2 aromatic heterocycles. The van der Waals surface area contributed by atoms with E-state index in [9.17, 15) is 18.5 Å². The van der Waals surface area contributed by atoms with Gasteiger partial charge in [-0.2, -0.15) is 10.4 Å². The van der Waals surface area contributed by atoms with Gasteiger partial charge < -0.3 is 9.73 Å². The van der Waals surface area contributed by atoms with Crippen LogP contribution in [0.1, 0.15) is 12.0 Å². The SMILES string of the molecule is N#CC(=Cc1cn(-c2ccccc2)nc1-c1cc2ccccc2o1)C(=O)NC1CCS(=O)(=O)C1. The van der Waals surface area contributed by atoms with E-state index < -0.39 is 21.8 Å². The Morgan fingerprint density at radius 2 is 1.94 bits per heavy atom. The van der Waals surface area contributed by atoms with Gasteiger partial charge in [0.15, 0.2) is 15.6 Å². The van der Waals surface area contributed by atoms with Crippen LogP contribution in [0.4, 0.5) is 0 Å². The number of hydrogen-bond acceptors (Lipinski definition) is 6. The third-order valence-corrected chi connectivity index (χ3v) is 7.42. The van der Waals surface area contributed by atoms with Gasteiger partial charge in [0.25, 0.3) is 5.91 Å². The molecule has 5 rings (SSSR count). The number of hydrogen-bond donors (Lipinski definition) is 1. The van der Waals surface area contributed by atoms with Crippen LogP contribution in [-0.2, 0) is 14.6 Å².